The van der Waals surface area contributed by atoms with Gasteiger partial charge in [0.15, 0.2) is 6.61 Å². The molecule has 0 bridgehead atoms. The lowest BCUT2D eigenvalue weighted by Gasteiger charge is -2.10. The number of carboxylic acids is 1. The number of aromatic nitrogens is 1. The van der Waals surface area contributed by atoms with Crippen LogP contribution < -0.4 is 4.74 Å². The van der Waals surface area contributed by atoms with Crippen LogP contribution >= 0.6 is 27.5 Å². The van der Waals surface area contributed by atoms with Gasteiger partial charge in [0.1, 0.15) is 17.7 Å². The molecule has 18 heavy (non-hydrogen) atoms. The third-order valence-electron chi connectivity index (χ3n) is 2.06. The van der Waals surface area contributed by atoms with E-state index in [4.69, 9.17) is 26.0 Å². The number of benzene rings is 1. The van der Waals surface area contributed by atoms with Crippen molar-refractivity contribution >= 4 is 33.5 Å². The van der Waals surface area contributed by atoms with E-state index in [1.54, 1.807) is 18.2 Å². The van der Waals surface area contributed by atoms with E-state index < -0.39 is 12.6 Å². The highest BCUT2D eigenvalue weighted by atomic mass is 79.9. The van der Waals surface area contributed by atoms with E-state index in [2.05, 4.69) is 21.1 Å². The first-order chi connectivity index (χ1) is 8.58. The van der Waals surface area contributed by atoms with Gasteiger partial charge in [-0.25, -0.2) is 4.79 Å². The van der Waals surface area contributed by atoms with Crippen LogP contribution in [0, 0.1) is 0 Å². The molecule has 0 aliphatic heterocycles. The molecule has 0 aliphatic rings. The summed E-state index contributed by atoms with van der Waals surface area (Å²) in [5.41, 5.74) is 1.07. The number of rotatable bonds is 4. The van der Waals surface area contributed by atoms with Gasteiger partial charge in [-0.05, 0) is 12.1 Å². The van der Waals surface area contributed by atoms with Crippen LogP contribution in [0.4, 0.5) is 0 Å². The Morgan fingerprint density at radius 1 is 1.56 bits per heavy atom. The van der Waals surface area contributed by atoms with Crippen LogP contribution in [0.2, 0.25) is 5.02 Å². The molecule has 1 aromatic heterocycles. The standard InChI is InChI=1S/C11H7BrClNO4/c12-6-3-7(9-1-2-18-14-9)11(8(13)4-6)17-5-10(15)16/h1-4H,5H2,(H,15,16). The molecule has 1 N–H and O–H groups in total. The number of aliphatic carboxylic acids is 1. The van der Waals surface area contributed by atoms with Crippen molar-refractivity contribution in [1.29, 1.82) is 0 Å². The number of carboxylic acid groups (broad SMARTS) is 1. The lowest BCUT2D eigenvalue weighted by atomic mass is 10.1. The van der Waals surface area contributed by atoms with Crippen LogP contribution in [0.3, 0.4) is 0 Å². The van der Waals surface area contributed by atoms with Gasteiger partial charge in [0.2, 0.25) is 0 Å². The molecule has 0 atom stereocenters. The van der Waals surface area contributed by atoms with Gasteiger partial charge in [-0.2, -0.15) is 0 Å². The van der Waals surface area contributed by atoms with E-state index in [-0.39, 0.29) is 5.75 Å². The zero-order chi connectivity index (χ0) is 13.1. The lowest BCUT2D eigenvalue weighted by molar-refractivity contribution is -0.139. The molecule has 0 aliphatic carbocycles. The molecule has 0 fully saturated rings. The van der Waals surface area contributed by atoms with E-state index in [1.165, 1.54) is 6.26 Å². The summed E-state index contributed by atoms with van der Waals surface area (Å²) in [6.45, 7) is -0.480. The van der Waals surface area contributed by atoms with Crippen LogP contribution in [-0.2, 0) is 4.79 Å². The Hall–Kier alpha value is -1.53. The van der Waals surface area contributed by atoms with Gasteiger partial charge in [0, 0.05) is 16.1 Å². The molecule has 0 radical (unpaired) electrons. The number of nitrogens with zero attached hydrogens (tertiary/aromatic N) is 1. The van der Waals surface area contributed by atoms with Crippen molar-refractivity contribution in [3.8, 4) is 17.0 Å². The van der Waals surface area contributed by atoms with Gasteiger partial charge >= 0.3 is 5.97 Å². The van der Waals surface area contributed by atoms with Crippen molar-refractivity contribution in [2.24, 2.45) is 0 Å². The summed E-state index contributed by atoms with van der Waals surface area (Å²) < 4.78 is 10.7. The predicted octanol–water partition coefficient (Wildman–Crippen LogP) is 3.22. The minimum absolute atomic E-state index is 0.260. The van der Waals surface area contributed by atoms with Crippen molar-refractivity contribution in [2.75, 3.05) is 6.61 Å². The van der Waals surface area contributed by atoms with Gasteiger partial charge in [0.05, 0.1) is 5.02 Å². The first kappa shape index (κ1) is 12.9. The number of halogens is 2. The van der Waals surface area contributed by atoms with Crippen LogP contribution in [0.25, 0.3) is 11.3 Å². The first-order valence-corrected chi connectivity index (χ1v) is 5.99. The number of ether oxygens (including phenoxy) is 1. The zero-order valence-corrected chi connectivity index (χ0v) is 11.2. The SMILES string of the molecule is O=C(O)COc1c(Cl)cc(Br)cc1-c1ccon1. The van der Waals surface area contributed by atoms with Crippen LogP contribution in [0.1, 0.15) is 0 Å². The molecule has 94 valence electrons. The molecule has 1 aromatic carbocycles. The maximum atomic E-state index is 10.5. The fraction of sp³-hybridized carbons (Fsp3) is 0.0909. The molecular formula is C11H7BrClNO4. The zero-order valence-electron chi connectivity index (χ0n) is 8.89. The third kappa shape index (κ3) is 2.83. The Labute approximate surface area is 115 Å². The van der Waals surface area contributed by atoms with Gasteiger partial charge in [-0.3, -0.25) is 0 Å². The summed E-state index contributed by atoms with van der Waals surface area (Å²) in [7, 11) is 0. The topological polar surface area (TPSA) is 72.6 Å². The first-order valence-electron chi connectivity index (χ1n) is 4.82. The van der Waals surface area contributed by atoms with E-state index in [0.29, 0.717) is 16.3 Å². The van der Waals surface area contributed by atoms with Gasteiger partial charge in [-0.15, -0.1) is 0 Å². The highest BCUT2D eigenvalue weighted by Gasteiger charge is 2.15. The molecule has 0 saturated heterocycles. The molecule has 5 nitrogen and oxygen atoms in total. The smallest absolute Gasteiger partial charge is 0.341 e. The Balaban J connectivity index is 2.45. The van der Waals surface area contributed by atoms with Crippen LogP contribution in [0.15, 0.2) is 33.5 Å². The Bertz CT molecular complexity index is 571. The highest BCUT2D eigenvalue weighted by molar-refractivity contribution is 9.10. The summed E-state index contributed by atoms with van der Waals surface area (Å²) in [5.74, 6) is -0.823. The van der Waals surface area contributed by atoms with E-state index >= 15 is 0 Å². The molecule has 2 rings (SSSR count). The molecule has 7 heteroatoms. The fourth-order valence-electron chi connectivity index (χ4n) is 1.38. The predicted molar refractivity (Wildman–Crippen MR) is 67.8 cm³/mol. The average molecular weight is 333 g/mol. The van der Waals surface area contributed by atoms with Crippen LogP contribution in [-0.4, -0.2) is 22.8 Å². The maximum Gasteiger partial charge on any atom is 0.341 e. The third-order valence-corrected chi connectivity index (χ3v) is 2.80. The highest BCUT2D eigenvalue weighted by Crippen LogP contribution is 2.38. The van der Waals surface area contributed by atoms with Gasteiger partial charge in [0.25, 0.3) is 0 Å². The van der Waals surface area contributed by atoms with E-state index in [9.17, 15) is 4.79 Å². The number of hydrogen-bond donors (Lipinski definition) is 1. The molecule has 0 amide bonds. The van der Waals surface area contributed by atoms with Gasteiger partial charge < -0.3 is 14.4 Å². The maximum absolute atomic E-state index is 10.5. The van der Waals surface area contributed by atoms with Crippen LogP contribution in [0.5, 0.6) is 5.75 Å². The number of hydrogen-bond acceptors (Lipinski definition) is 4. The minimum Gasteiger partial charge on any atom is -0.480 e. The quantitative estimate of drug-likeness (QED) is 0.930. The van der Waals surface area contributed by atoms with Gasteiger partial charge in [-0.1, -0.05) is 32.7 Å². The van der Waals surface area contributed by atoms with Crippen molar-refractivity contribution in [3.63, 3.8) is 0 Å². The Kier molecular flexibility index (Phi) is 3.88. The fourth-order valence-corrected chi connectivity index (χ4v) is 2.25. The van der Waals surface area contributed by atoms with E-state index in [1.807, 2.05) is 0 Å². The average Bonchev–Trinajstić information content (AvgIpc) is 2.79. The summed E-state index contributed by atoms with van der Waals surface area (Å²) in [6, 6.07) is 4.97. The largest absolute Gasteiger partial charge is 0.480 e. The second-order valence-electron chi connectivity index (χ2n) is 3.33. The van der Waals surface area contributed by atoms with Crippen molar-refractivity contribution in [1.82, 2.24) is 5.16 Å². The summed E-state index contributed by atoms with van der Waals surface area (Å²) in [6.07, 6.45) is 1.41. The molecule has 0 spiro atoms. The Morgan fingerprint density at radius 2 is 2.33 bits per heavy atom. The molecular weight excluding hydrogens is 325 g/mol. The monoisotopic (exact) mass is 331 g/mol. The summed E-state index contributed by atoms with van der Waals surface area (Å²) in [5, 5.41) is 12.7. The second kappa shape index (κ2) is 5.41. The van der Waals surface area contributed by atoms with E-state index in [0.717, 1.165) is 4.47 Å². The normalized spacial score (nSPS) is 10.3. The lowest BCUT2D eigenvalue weighted by Crippen LogP contribution is -2.10. The Morgan fingerprint density at radius 3 is 2.94 bits per heavy atom. The molecule has 0 unspecified atom stereocenters. The minimum atomic E-state index is -1.08. The molecule has 2 aromatic rings. The van der Waals surface area contributed by atoms with Crippen molar-refractivity contribution < 1.29 is 19.2 Å². The molecule has 1 heterocycles. The number of carbonyl (C=O) groups is 1. The molecule has 0 saturated carbocycles. The van der Waals surface area contributed by atoms with Crippen molar-refractivity contribution in [2.45, 2.75) is 0 Å². The summed E-state index contributed by atoms with van der Waals surface area (Å²) in [4.78, 5) is 10.5. The second-order valence-corrected chi connectivity index (χ2v) is 4.65. The van der Waals surface area contributed by atoms with Crippen molar-refractivity contribution in [3.05, 3.63) is 34.0 Å². The summed E-state index contributed by atoms with van der Waals surface area (Å²) >= 11 is 9.33.